The molecule has 3 aromatic carbocycles. The Morgan fingerprint density at radius 3 is 2.53 bits per heavy atom. The van der Waals surface area contributed by atoms with Gasteiger partial charge in [-0.1, -0.05) is 36.4 Å². The number of aromatic nitrogens is 2. The van der Waals surface area contributed by atoms with Crippen LogP contribution in [-0.4, -0.2) is 34.0 Å². The summed E-state index contributed by atoms with van der Waals surface area (Å²) in [7, 11) is -0.794. The molecule has 38 heavy (non-hydrogen) atoms. The number of amides is 1. The number of halogens is 4. The predicted octanol–water partition coefficient (Wildman–Crippen LogP) is 5.87. The van der Waals surface area contributed by atoms with Crippen LogP contribution in [-0.2, 0) is 12.7 Å². The predicted molar refractivity (Wildman–Crippen MR) is 141 cm³/mol. The lowest BCUT2D eigenvalue weighted by Gasteiger charge is -2.12. The normalized spacial score (nSPS) is 11.4. The molecular weight excluding hydrogens is 519 g/mol. The highest BCUT2D eigenvalue weighted by Crippen LogP contribution is 2.33. The molecule has 0 saturated carbocycles. The maximum absolute atomic E-state index is 15.0. The fourth-order valence-electron chi connectivity index (χ4n) is 3.80. The zero-order valence-corrected chi connectivity index (χ0v) is 21.2. The van der Waals surface area contributed by atoms with E-state index in [1.54, 1.807) is 18.2 Å². The molecule has 1 heterocycles. The van der Waals surface area contributed by atoms with Gasteiger partial charge in [0, 0.05) is 17.5 Å². The number of thioether (sulfide) groups is 1. The standard InChI is InChI=1S/C26H23BF4N4O2S/c1-27(37)32-15-16-6-5-7-18(12-16)35-22(14-24(34-35)26(29,30)31)25(36)33-21-11-10-17(13-20(21)28)19-8-3-4-9-23(19)38-2/h3-14,32,37H,15H2,1-2H3,(H,33,36). The minimum atomic E-state index is -4.80. The molecule has 196 valence electrons. The van der Waals surface area contributed by atoms with Crippen LogP contribution in [0.25, 0.3) is 16.8 Å². The monoisotopic (exact) mass is 542 g/mol. The third kappa shape index (κ3) is 6.26. The summed E-state index contributed by atoms with van der Waals surface area (Å²) in [6, 6.07) is 18.7. The Bertz CT molecular complexity index is 1460. The topological polar surface area (TPSA) is 79.2 Å². The molecule has 0 aliphatic rings. The molecule has 0 bridgehead atoms. The van der Waals surface area contributed by atoms with Crippen molar-refractivity contribution in [3.05, 3.63) is 95.6 Å². The van der Waals surface area contributed by atoms with Crippen molar-refractivity contribution in [1.82, 2.24) is 15.0 Å². The maximum Gasteiger partial charge on any atom is 0.435 e. The van der Waals surface area contributed by atoms with E-state index in [2.05, 4.69) is 15.6 Å². The number of nitrogens with zero attached hydrogens (tertiary/aromatic N) is 2. The zero-order chi connectivity index (χ0) is 27.4. The van der Waals surface area contributed by atoms with Gasteiger partial charge in [-0.2, -0.15) is 18.3 Å². The number of hydrogen-bond donors (Lipinski definition) is 3. The van der Waals surface area contributed by atoms with Gasteiger partial charge in [0.05, 0.1) is 11.4 Å². The highest BCUT2D eigenvalue weighted by Gasteiger charge is 2.36. The van der Waals surface area contributed by atoms with Crippen LogP contribution in [0.3, 0.4) is 0 Å². The van der Waals surface area contributed by atoms with Gasteiger partial charge in [0.2, 0.25) is 0 Å². The molecule has 3 N–H and O–H groups in total. The van der Waals surface area contributed by atoms with Gasteiger partial charge in [0.25, 0.3) is 5.91 Å². The van der Waals surface area contributed by atoms with Gasteiger partial charge in [0.1, 0.15) is 11.5 Å². The van der Waals surface area contributed by atoms with Crippen molar-refractivity contribution >= 4 is 30.4 Å². The number of alkyl halides is 3. The minimum absolute atomic E-state index is 0.184. The molecular formula is C26H23BF4N4O2S. The van der Waals surface area contributed by atoms with Crippen LogP contribution in [0.2, 0.25) is 6.82 Å². The maximum atomic E-state index is 15.0. The Balaban J connectivity index is 1.66. The van der Waals surface area contributed by atoms with Crippen LogP contribution in [0, 0.1) is 5.82 Å². The van der Waals surface area contributed by atoms with Crippen molar-refractivity contribution in [2.45, 2.75) is 24.4 Å². The van der Waals surface area contributed by atoms with E-state index in [0.29, 0.717) is 17.2 Å². The Morgan fingerprint density at radius 1 is 1.08 bits per heavy atom. The summed E-state index contributed by atoms with van der Waals surface area (Å²) in [5.41, 5.74) is 0.378. The van der Waals surface area contributed by atoms with Crippen molar-refractivity contribution in [1.29, 1.82) is 0 Å². The molecule has 0 radical (unpaired) electrons. The van der Waals surface area contributed by atoms with E-state index < -0.39 is 36.3 Å². The average Bonchev–Trinajstić information content (AvgIpc) is 3.35. The van der Waals surface area contributed by atoms with Crippen molar-refractivity contribution < 1.29 is 27.4 Å². The zero-order valence-electron chi connectivity index (χ0n) is 20.4. The lowest BCUT2D eigenvalue weighted by molar-refractivity contribution is -0.141. The second kappa shape index (κ2) is 11.4. The van der Waals surface area contributed by atoms with Crippen LogP contribution in [0.1, 0.15) is 21.7 Å². The number of carbonyl (C=O) groups excluding carboxylic acids is 1. The van der Waals surface area contributed by atoms with Gasteiger partial charge < -0.3 is 15.6 Å². The van der Waals surface area contributed by atoms with Crippen molar-refractivity contribution in [3.8, 4) is 16.8 Å². The fourth-order valence-corrected chi connectivity index (χ4v) is 4.42. The third-order valence-electron chi connectivity index (χ3n) is 5.62. The molecule has 0 saturated heterocycles. The lowest BCUT2D eigenvalue weighted by atomic mass is 9.88. The Hall–Kier alpha value is -3.61. The van der Waals surface area contributed by atoms with E-state index in [1.807, 2.05) is 30.5 Å². The first-order valence-corrected chi connectivity index (χ1v) is 12.7. The van der Waals surface area contributed by atoms with Crippen LogP contribution in [0.5, 0.6) is 0 Å². The molecule has 0 spiro atoms. The second-order valence-electron chi connectivity index (χ2n) is 8.40. The highest BCUT2D eigenvalue weighted by atomic mass is 32.2. The van der Waals surface area contributed by atoms with E-state index in [4.69, 9.17) is 0 Å². The summed E-state index contributed by atoms with van der Waals surface area (Å²) in [4.78, 5) is 14.0. The number of anilines is 1. The number of hydrogen-bond acceptors (Lipinski definition) is 5. The first-order chi connectivity index (χ1) is 18.1. The van der Waals surface area contributed by atoms with Gasteiger partial charge >= 0.3 is 13.2 Å². The molecule has 4 aromatic rings. The Labute approximate surface area is 221 Å². The first kappa shape index (κ1) is 27.4. The Morgan fingerprint density at radius 2 is 1.84 bits per heavy atom. The molecule has 6 nitrogen and oxygen atoms in total. The average molecular weight is 542 g/mol. The van der Waals surface area contributed by atoms with Gasteiger partial charge in [0.15, 0.2) is 5.69 Å². The molecule has 12 heteroatoms. The molecule has 0 aliphatic heterocycles. The quantitative estimate of drug-likeness (QED) is 0.148. The number of nitrogens with one attached hydrogen (secondary N) is 2. The summed E-state index contributed by atoms with van der Waals surface area (Å²) in [6.45, 7) is 1.76. The van der Waals surface area contributed by atoms with Gasteiger partial charge in [-0.15, -0.1) is 11.8 Å². The molecule has 0 fully saturated rings. The summed E-state index contributed by atoms with van der Waals surface area (Å²) in [5, 5.41) is 18.2. The molecule has 0 aliphatic carbocycles. The fraction of sp³-hybridized carbons (Fsp3) is 0.154. The summed E-state index contributed by atoms with van der Waals surface area (Å²) in [5.74, 6) is -1.70. The molecule has 0 atom stereocenters. The SMILES string of the molecule is CSc1ccccc1-c1ccc(NC(=O)c2cc(C(F)(F)F)nn2-c2cccc(CNB(C)O)c2)c(F)c1. The van der Waals surface area contributed by atoms with Crippen LogP contribution < -0.4 is 10.5 Å². The highest BCUT2D eigenvalue weighted by molar-refractivity contribution is 7.98. The van der Waals surface area contributed by atoms with E-state index in [9.17, 15) is 23.0 Å². The van der Waals surface area contributed by atoms with Crippen LogP contribution in [0.15, 0.2) is 77.7 Å². The van der Waals surface area contributed by atoms with Crippen molar-refractivity contribution in [2.75, 3.05) is 11.6 Å². The number of benzene rings is 3. The largest absolute Gasteiger partial charge is 0.437 e. The molecule has 0 unspecified atom stereocenters. The van der Waals surface area contributed by atoms with Crippen molar-refractivity contribution in [3.63, 3.8) is 0 Å². The summed E-state index contributed by atoms with van der Waals surface area (Å²) >= 11 is 1.51. The van der Waals surface area contributed by atoms with E-state index in [-0.39, 0.29) is 17.9 Å². The summed E-state index contributed by atoms with van der Waals surface area (Å²) in [6.07, 6.45) is -2.90. The summed E-state index contributed by atoms with van der Waals surface area (Å²) < 4.78 is 56.4. The third-order valence-corrected chi connectivity index (χ3v) is 6.42. The second-order valence-corrected chi connectivity index (χ2v) is 9.25. The van der Waals surface area contributed by atoms with Crippen LogP contribution >= 0.6 is 11.8 Å². The van der Waals surface area contributed by atoms with Crippen molar-refractivity contribution in [2.24, 2.45) is 0 Å². The van der Waals surface area contributed by atoms with E-state index in [0.717, 1.165) is 15.1 Å². The van der Waals surface area contributed by atoms with Gasteiger partial charge in [-0.25, -0.2) is 9.07 Å². The number of rotatable bonds is 8. The molecule has 1 aromatic heterocycles. The minimum Gasteiger partial charge on any atom is -0.437 e. The lowest BCUT2D eigenvalue weighted by Crippen LogP contribution is -2.29. The first-order valence-electron chi connectivity index (χ1n) is 11.5. The van der Waals surface area contributed by atoms with Gasteiger partial charge in [-0.3, -0.25) is 4.79 Å². The van der Waals surface area contributed by atoms with Gasteiger partial charge in [-0.05, 0) is 60.1 Å². The number of carbonyl (C=O) groups is 1. The van der Waals surface area contributed by atoms with E-state index in [1.165, 1.54) is 42.9 Å². The van der Waals surface area contributed by atoms with E-state index >= 15 is 4.39 Å². The Kier molecular flexibility index (Phi) is 8.24. The smallest absolute Gasteiger partial charge is 0.435 e. The van der Waals surface area contributed by atoms with Crippen LogP contribution in [0.4, 0.5) is 23.2 Å². The molecule has 4 rings (SSSR count). The molecule has 1 amide bonds.